The fraction of sp³-hybridized carbons (Fsp3) is 0.611. The summed E-state index contributed by atoms with van der Waals surface area (Å²) in [7, 11) is -0.410. The van der Waals surface area contributed by atoms with Crippen molar-refractivity contribution < 1.29 is 9.31 Å². The van der Waals surface area contributed by atoms with Crippen LogP contribution in [0.5, 0.6) is 0 Å². The van der Waals surface area contributed by atoms with Gasteiger partial charge in [-0.25, -0.2) is 0 Å². The number of hydrogen-bond donors (Lipinski definition) is 0. The van der Waals surface area contributed by atoms with Gasteiger partial charge in [-0.15, -0.1) is 0 Å². The summed E-state index contributed by atoms with van der Waals surface area (Å²) >= 11 is 10.2. The Morgan fingerprint density at radius 3 is 2.30 bits per heavy atom. The van der Waals surface area contributed by atoms with E-state index in [4.69, 9.17) is 26.0 Å². The van der Waals surface area contributed by atoms with Gasteiger partial charge in [0, 0.05) is 0 Å². The van der Waals surface area contributed by atoms with Crippen molar-refractivity contribution >= 4 is 112 Å². The molecule has 3 rings (SSSR count). The zero-order valence-electron chi connectivity index (χ0n) is 16.4. The molecule has 1 saturated heterocycles. The van der Waals surface area contributed by atoms with Crippen LogP contribution in [0.4, 0.5) is 0 Å². The Kier molecular flexibility index (Phi) is 7.23. The van der Waals surface area contributed by atoms with Crippen LogP contribution in [-0.4, -0.2) is 105 Å². The number of aromatic nitrogens is 2. The van der Waals surface area contributed by atoms with E-state index in [0.29, 0.717) is 0 Å². The van der Waals surface area contributed by atoms with Crippen LogP contribution in [0.1, 0.15) is 53.0 Å². The molecular weight excluding hydrogens is 944 g/mol. The number of unbranched alkanes of at least 4 members (excludes halogenated alkanes) is 1. The van der Waals surface area contributed by atoms with E-state index in [2.05, 4.69) is 45.4 Å². The molecule has 9 heteroatoms. The summed E-state index contributed by atoms with van der Waals surface area (Å²) < 4.78 is 15.4. The minimum atomic E-state index is -0.410. The number of halogens is 1. The van der Waals surface area contributed by atoms with E-state index in [0.717, 1.165) is 124 Å². The van der Waals surface area contributed by atoms with Gasteiger partial charge >= 0.3 is 218 Å². The van der Waals surface area contributed by atoms with E-state index < -0.39 is 7.12 Å². The molecule has 0 amide bonds. The van der Waals surface area contributed by atoms with Crippen LogP contribution < -0.4 is 5.46 Å². The molecule has 0 aliphatic carbocycles. The predicted molar refractivity (Wildman–Crippen MR) is 114 cm³/mol. The van der Waals surface area contributed by atoms with Crippen molar-refractivity contribution in [3.05, 3.63) is 22.8 Å². The van der Waals surface area contributed by atoms with E-state index in [-0.39, 0.29) is 9.42 Å². The molecule has 0 unspecified atom stereocenters. The van der Waals surface area contributed by atoms with Crippen molar-refractivity contribution in [2.45, 2.75) is 63.3 Å². The molecule has 139 valence electrons. The zero-order chi connectivity index (χ0) is 20.2. The Balaban J connectivity index is 2.23. The van der Waals surface area contributed by atoms with E-state index in [9.17, 15) is 0 Å². The summed E-state index contributed by atoms with van der Waals surface area (Å²) in [4.78, 5) is 0. The standard InChI is InChI=1S/C18H23BClN2O2.3Pb/c1-7-8-9-12-14(20)10-15-13(11-21-22(15)6)16(12)19-23-17(2,3)18(4,5)24-19;;;/h10-11H,7-9H2,1-5H3;;;. The fourth-order valence-electron chi connectivity index (χ4n) is 3.31. The van der Waals surface area contributed by atoms with Crippen molar-refractivity contribution in [3.63, 3.8) is 0 Å². The Labute approximate surface area is 215 Å². The molecule has 1 aromatic heterocycles. The SMILES string of the molecule is CCCCc1c(Cl)cc2c(cnn2[C]([Pb])([Pb])[Pb])c1B1OC(C)(C)C(C)(C)O1. The second kappa shape index (κ2) is 8.34. The van der Waals surface area contributed by atoms with E-state index in [1.54, 1.807) is 0 Å². The van der Waals surface area contributed by atoms with Crippen molar-refractivity contribution in [1.29, 1.82) is 0 Å². The number of fused-ring (bicyclic) bond motifs is 1. The Hall–Kier alpha value is 1.73. The van der Waals surface area contributed by atoms with Crippen LogP contribution in [0.15, 0.2) is 12.3 Å². The van der Waals surface area contributed by atoms with E-state index >= 15 is 0 Å². The summed E-state index contributed by atoms with van der Waals surface area (Å²) in [6.45, 7) is 10.6. The number of hydrogen-bond acceptors (Lipinski definition) is 3. The molecule has 2 heterocycles. The molecule has 0 atom stereocenters. The summed E-state index contributed by atoms with van der Waals surface area (Å²) in [6, 6.07) is 2.12. The Bertz CT molecular complexity index is 848. The van der Waals surface area contributed by atoms with Crippen LogP contribution in [0.2, 0.25) is 5.02 Å². The van der Waals surface area contributed by atoms with Crippen LogP contribution in [0.3, 0.4) is 0 Å². The Morgan fingerprint density at radius 1 is 1.19 bits per heavy atom. The quantitative estimate of drug-likeness (QED) is 0.433. The third kappa shape index (κ3) is 4.52. The normalized spacial score (nSPS) is 19.2. The number of rotatable bonds is 5. The molecule has 1 aliphatic heterocycles. The van der Waals surface area contributed by atoms with Crippen molar-refractivity contribution in [3.8, 4) is 0 Å². The molecule has 1 aromatic carbocycles. The van der Waals surface area contributed by atoms with E-state index in [1.165, 1.54) is 0 Å². The molecule has 1 aliphatic rings. The molecule has 9 radical (unpaired) electrons. The predicted octanol–water partition coefficient (Wildman–Crippen LogP) is 2.40. The summed E-state index contributed by atoms with van der Waals surface area (Å²) in [6.07, 6.45) is 5.16. The first-order valence-electron chi connectivity index (χ1n) is 9.19. The topological polar surface area (TPSA) is 36.3 Å². The molecule has 2 aromatic rings. The van der Waals surface area contributed by atoms with Gasteiger partial charge in [0.05, 0.1) is 0 Å². The first kappa shape index (κ1) is 23.4. The van der Waals surface area contributed by atoms with Gasteiger partial charge in [-0.3, -0.25) is 0 Å². The van der Waals surface area contributed by atoms with Gasteiger partial charge < -0.3 is 0 Å². The van der Waals surface area contributed by atoms with Gasteiger partial charge in [-0.05, 0) is 0 Å². The van der Waals surface area contributed by atoms with Crippen LogP contribution in [-0.2, 0) is 13.9 Å². The maximum absolute atomic E-state index is 6.83. The fourth-order valence-corrected chi connectivity index (χ4v) is 5.69. The second-order valence-corrected chi connectivity index (χ2v) is 39.7. The minimum absolute atomic E-state index is 0.281. The van der Waals surface area contributed by atoms with Crippen LogP contribution in [0.25, 0.3) is 10.9 Å². The third-order valence-electron chi connectivity index (χ3n) is 5.56. The Morgan fingerprint density at radius 2 is 1.78 bits per heavy atom. The number of nitrogens with zero attached hydrogens (tertiary/aromatic N) is 2. The van der Waals surface area contributed by atoms with Gasteiger partial charge in [0.25, 0.3) is 0 Å². The van der Waals surface area contributed by atoms with E-state index in [1.807, 2.05) is 6.20 Å². The average Bonchev–Trinajstić information content (AvgIpc) is 3.02. The first-order chi connectivity index (χ1) is 12.4. The average molecular weight is 967 g/mol. The molecule has 0 bridgehead atoms. The van der Waals surface area contributed by atoms with Crippen molar-refractivity contribution in [2.75, 3.05) is 0 Å². The monoisotopic (exact) mass is 969 g/mol. The van der Waals surface area contributed by atoms with Gasteiger partial charge in [-0.2, -0.15) is 0 Å². The summed E-state index contributed by atoms with van der Waals surface area (Å²) in [5, 5.41) is 6.74. The molecule has 4 nitrogen and oxygen atoms in total. The van der Waals surface area contributed by atoms with Gasteiger partial charge in [0.1, 0.15) is 0 Å². The van der Waals surface area contributed by atoms with Gasteiger partial charge in [0.2, 0.25) is 0 Å². The van der Waals surface area contributed by atoms with Gasteiger partial charge in [-0.1, -0.05) is 0 Å². The number of benzene rings is 1. The first-order valence-corrected chi connectivity index (χ1v) is 15.4. The maximum atomic E-state index is 6.83. The van der Waals surface area contributed by atoms with Crippen LogP contribution >= 0.6 is 11.6 Å². The zero-order valence-corrected chi connectivity index (χ0v) is 28.9. The van der Waals surface area contributed by atoms with Gasteiger partial charge in [0.15, 0.2) is 0 Å². The summed E-state index contributed by atoms with van der Waals surface area (Å²) in [5.41, 5.74) is 2.63. The molecule has 0 spiro atoms. The molecular formula is C18H23BClN2O2Pb3. The molecule has 0 saturated carbocycles. The summed E-state index contributed by atoms with van der Waals surface area (Å²) in [5.74, 6) is 0. The second-order valence-electron chi connectivity index (χ2n) is 8.14. The van der Waals surface area contributed by atoms with Crippen LogP contribution in [0, 0.1) is 0 Å². The molecule has 1 fully saturated rings. The molecule has 27 heavy (non-hydrogen) atoms. The molecule has 0 N–H and O–H groups in total. The van der Waals surface area contributed by atoms with Crippen molar-refractivity contribution in [1.82, 2.24) is 9.78 Å². The third-order valence-corrected chi connectivity index (χ3v) is 8.37. The van der Waals surface area contributed by atoms with Crippen molar-refractivity contribution in [2.24, 2.45) is 0 Å².